The van der Waals surface area contributed by atoms with Crippen LogP contribution in [0.15, 0.2) is 23.6 Å². The number of rotatable bonds is 10. The molecule has 0 bridgehead atoms. The van der Waals surface area contributed by atoms with Crippen LogP contribution in [0.4, 0.5) is 4.39 Å². The van der Waals surface area contributed by atoms with Crippen molar-refractivity contribution in [3.8, 4) is 10.6 Å². The second-order valence-corrected chi connectivity index (χ2v) is 8.86. The Morgan fingerprint density at radius 3 is 3.00 bits per heavy atom. The summed E-state index contributed by atoms with van der Waals surface area (Å²) >= 11 is 7.38. The molecule has 1 atom stereocenters. The summed E-state index contributed by atoms with van der Waals surface area (Å²) in [5, 5.41) is 6.51. The van der Waals surface area contributed by atoms with E-state index >= 15 is 0 Å². The standard InChI is InChI=1S/C22H30ClFN2OS/c23-20-13-18(9-10-21(20)24)22-26-19(16-28-22)15-27-12-6-2-1-3-7-17-8-4-5-11-25-14-17/h9-10,13,16-17,25H,1-8,11-12,14-15H2. The molecule has 0 amide bonds. The molecular weight excluding hydrogens is 395 g/mol. The van der Waals surface area contributed by atoms with Gasteiger partial charge in [-0.05, 0) is 62.9 Å². The lowest BCUT2D eigenvalue weighted by atomic mass is 9.96. The van der Waals surface area contributed by atoms with Gasteiger partial charge < -0.3 is 10.1 Å². The Morgan fingerprint density at radius 2 is 2.11 bits per heavy atom. The van der Waals surface area contributed by atoms with Crippen LogP contribution in [-0.4, -0.2) is 24.7 Å². The predicted octanol–water partition coefficient (Wildman–Crippen LogP) is 6.46. The normalized spacial score (nSPS) is 17.6. The van der Waals surface area contributed by atoms with E-state index in [0.717, 1.165) is 35.2 Å². The van der Waals surface area contributed by atoms with Crippen LogP contribution in [-0.2, 0) is 11.3 Å². The van der Waals surface area contributed by atoms with E-state index in [-0.39, 0.29) is 5.02 Å². The molecule has 3 nitrogen and oxygen atoms in total. The summed E-state index contributed by atoms with van der Waals surface area (Å²) < 4.78 is 19.0. The molecule has 2 heterocycles. The highest BCUT2D eigenvalue weighted by atomic mass is 35.5. The van der Waals surface area contributed by atoms with Gasteiger partial charge in [0, 0.05) is 17.6 Å². The summed E-state index contributed by atoms with van der Waals surface area (Å²) in [6.45, 7) is 3.72. The van der Waals surface area contributed by atoms with Gasteiger partial charge in [-0.1, -0.05) is 37.3 Å². The van der Waals surface area contributed by atoms with Crippen molar-refractivity contribution in [2.75, 3.05) is 19.7 Å². The third-order valence-electron chi connectivity index (χ3n) is 5.27. The van der Waals surface area contributed by atoms with Gasteiger partial charge in [0.25, 0.3) is 0 Å². The molecule has 1 fully saturated rings. The van der Waals surface area contributed by atoms with Crippen molar-refractivity contribution in [1.82, 2.24) is 10.3 Å². The Bertz CT molecular complexity index is 716. The zero-order chi connectivity index (χ0) is 19.6. The topological polar surface area (TPSA) is 34.1 Å². The minimum atomic E-state index is -0.406. The van der Waals surface area contributed by atoms with E-state index in [0.29, 0.717) is 6.61 Å². The number of thiazole rings is 1. The maximum Gasteiger partial charge on any atom is 0.141 e. The number of nitrogens with one attached hydrogen (secondary N) is 1. The van der Waals surface area contributed by atoms with Crippen molar-refractivity contribution in [3.63, 3.8) is 0 Å². The van der Waals surface area contributed by atoms with E-state index in [1.54, 1.807) is 12.1 Å². The second kappa shape index (κ2) is 11.9. The summed E-state index contributed by atoms with van der Waals surface area (Å²) in [5.74, 6) is 0.477. The van der Waals surface area contributed by atoms with Crippen LogP contribution in [0.2, 0.25) is 5.02 Å². The Balaban J connectivity index is 1.26. The molecule has 1 aromatic heterocycles. The highest BCUT2D eigenvalue weighted by Gasteiger charge is 2.11. The SMILES string of the molecule is Fc1ccc(-c2nc(COCCCCCCC3CCCCNC3)cs2)cc1Cl. The lowest BCUT2D eigenvalue weighted by Gasteiger charge is -2.13. The van der Waals surface area contributed by atoms with Crippen LogP contribution in [0.1, 0.15) is 57.1 Å². The summed E-state index contributed by atoms with van der Waals surface area (Å²) in [6, 6.07) is 4.70. The van der Waals surface area contributed by atoms with Gasteiger partial charge in [-0.15, -0.1) is 11.3 Å². The zero-order valence-electron chi connectivity index (χ0n) is 16.4. The third kappa shape index (κ3) is 7.11. The molecule has 1 unspecified atom stereocenters. The van der Waals surface area contributed by atoms with Crippen molar-refractivity contribution in [3.05, 3.63) is 40.1 Å². The molecule has 0 aliphatic carbocycles. The summed E-state index contributed by atoms with van der Waals surface area (Å²) in [5.41, 5.74) is 1.76. The first-order chi connectivity index (χ1) is 13.7. The molecule has 28 heavy (non-hydrogen) atoms. The lowest BCUT2D eigenvalue weighted by Crippen LogP contribution is -2.20. The number of halogens is 2. The number of unbranched alkanes of at least 4 members (excludes halogenated alkanes) is 3. The first-order valence-electron chi connectivity index (χ1n) is 10.4. The molecule has 0 saturated carbocycles. The molecule has 154 valence electrons. The van der Waals surface area contributed by atoms with Crippen LogP contribution in [0.3, 0.4) is 0 Å². The van der Waals surface area contributed by atoms with E-state index in [2.05, 4.69) is 10.3 Å². The number of hydrogen-bond acceptors (Lipinski definition) is 4. The molecule has 0 radical (unpaired) electrons. The van der Waals surface area contributed by atoms with E-state index in [4.69, 9.17) is 16.3 Å². The smallest absolute Gasteiger partial charge is 0.141 e. The molecule has 2 aromatic rings. The van der Waals surface area contributed by atoms with Gasteiger partial charge >= 0.3 is 0 Å². The molecule has 1 aliphatic heterocycles. The number of nitrogens with zero attached hydrogens (tertiary/aromatic N) is 1. The van der Waals surface area contributed by atoms with Gasteiger partial charge in [0.05, 0.1) is 17.3 Å². The van der Waals surface area contributed by atoms with Crippen LogP contribution in [0.5, 0.6) is 0 Å². The van der Waals surface area contributed by atoms with Crippen molar-refractivity contribution in [2.24, 2.45) is 5.92 Å². The fraction of sp³-hybridized carbons (Fsp3) is 0.591. The first kappa shape index (κ1) is 21.7. The monoisotopic (exact) mass is 424 g/mol. The molecule has 1 aromatic carbocycles. The van der Waals surface area contributed by atoms with Gasteiger partial charge in [0.15, 0.2) is 0 Å². The molecule has 1 N–H and O–H groups in total. The van der Waals surface area contributed by atoms with Crippen LogP contribution >= 0.6 is 22.9 Å². The lowest BCUT2D eigenvalue weighted by molar-refractivity contribution is 0.114. The van der Waals surface area contributed by atoms with Gasteiger partial charge in [-0.3, -0.25) is 0 Å². The average molecular weight is 425 g/mol. The zero-order valence-corrected chi connectivity index (χ0v) is 18.0. The third-order valence-corrected chi connectivity index (χ3v) is 6.50. The van der Waals surface area contributed by atoms with Gasteiger partial charge in [0.1, 0.15) is 10.8 Å². The van der Waals surface area contributed by atoms with E-state index in [1.165, 1.54) is 75.4 Å². The second-order valence-electron chi connectivity index (χ2n) is 7.59. The van der Waals surface area contributed by atoms with Crippen molar-refractivity contribution < 1.29 is 9.13 Å². The van der Waals surface area contributed by atoms with Gasteiger partial charge in [-0.2, -0.15) is 0 Å². The summed E-state index contributed by atoms with van der Waals surface area (Å²) in [7, 11) is 0. The van der Waals surface area contributed by atoms with Crippen LogP contribution in [0, 0.1) is 11.7 Å². The fourth-order valence-corrected chi connectivity index (χ4v) is 4.62. The first-order valence-corrected chi connectivity index (χ1v) is 11.7. The number of ether oxygens (including phenoxy) is 1. The van der Waals surface area contributed by atoms with Crippen molar-refractivity contribution in [1.29, 1.82) is 0 Å². The van der Waals surface area contributed by atoms with Gasteiger partial charge in [-0.25, -0.2) is 9.37 Å². The quantitative estimate of drug-likeness (QED) is 0.444. The molecule has 1 saturated heterocycles. The van der Waals surface area contributed by atoms with E-state index in [9.17, 15) is 4.39 Å². The largest absolute Gasteiger partial charge is 0.375 e. The van der Waals surface area contributed by atoms with E-state index < -0.39 is 5.82 Å². The molecule has 3 rings (SSSR count). The van der Waals surface area contributed by atoms with E-state index in [1.807, 2.05) is 5.38 Å². The highest BCUT2D eigenvalue weighted by molar-refractivity contribution is 7.13. The van der Waals surface area contributed by atoms with Crippen molar-refractivity contribution in [2.45, 2.75) is 58.0 Å². The van der Waals surface area contributed by atoms with Gasteiger partial charge in [0.2, 0.25) is 0 Å². The minimum absolute atomic E-state index is 0.126. The predicted molar refractivity (Wildman–Crippen MR) is 115 cm³/mol. The fourth-order valence-electron chi connectivity index (χ4n) is 3.64. The Hall–Kier alpha value is -1.01. The summed E-state index contributed by atoms with van der Waals surface area (Å²) in [4.78, 5) is 4.56. The Morgan fingerprint density at radius 1 is 1.21 bits per heavy atom. The maximum atomic E-state index is 13.3. The molecule has 6 heteroatoms. The molecule has 1 aliphatic rings. The Labute approximate surface area is 176 Å². The molecule has 0 spiro atoms. The van der Waals surface area contributed by atoms with Crippen LogP contribution < -0.4 is 5.32 Å². The number of aromatic nitrogens is 1. The Kier molecular flexibility index (Phi) is 9.19. The molecular formula is C22H30ClFN2OS. The average Bonchev–Trinajstić information content (AvgIpc) is 3.01. The van der Waals surface area contributed by atoms with Crippen molar-refractivity contribution >= 4 is 22.9 Å². The maximum absolute atomic E-state index is 13.3. The highest BCUT2D eigenvalue weighted by Crippen LogP contribution is 2.27. The van der Waals surface area contributed by atoms with Crippen LogP contribution in [0.25, 0.3) is 10.6 Å². The summed E-state index contributed by atoms with van der Waals surface area (Å²) in [6.07, 6.45) is 10.5. The minimum Gasteiger partial charge on any atom is -0.375 e. The number of benzene rings is 1. The number of hydrogen-bond donors (Lipinski definition) is 1.